The first kappa shape index (κ1) is 11.3. The fourth-order valence-electron chi connectivity index (χ4n) is 1.02. The van der Waals surface area contributed by atoms with Crippen molar-refractivity contribution in [1.29, 1.82) is 0 Å². The third-order valence-electron chi connectivity index (χ3n) is 1.69. The van der Waals surface area contributed by atoms with E-state index in [4.69, 9.17) is 0 Å². The second-order valence-corrected chi connectivity index (χ2v) is 2.74. The molecule has 70 valence electrons. The van der Waals surface area contributed by atoms with Crippen LogP contribution in [0.2, 0.25) is 0 Å². The number of aliphatic imine (C=N–C) groups is 2. The summed E-state index contributed by atoms with van der Waals surface area (Å²) in [5, 5.41) is 0. The van der Waals surface area contributed by atoms with Crippen molar-refractivity contribution in [1.82, 2.24) is 0 Å². The zero-order valence-corrected chi connectivity index (χ0v) is 8.29. The van der Waals surface area contributed by atoms with Crippen molar-refractivity contribution in [3.8, 4) is 0 Å². The van der Waals surface area contributed by atoms with Crippen LogP contribution in [-0.2, 0) is 0 Å². The molecule has 2 nitrogen and oxygen atoms in total. The molecule has 0 saturated carbocycles. The molecule has 0 saturated heterocycles. The molecule has 0 bridgehead atoms. The van der Waals surface area contributed by atoms with E-state index in [0.717, 1.165) is 13.1 Å². The summed E-state index contributed by atoms with van der Waals surface area (Å²) in [5.74, 6) is 0. The molecule has 2 heteroatoms. The van der Waals surface area contributed by atoms with E-state index in [1.54, 1.807) is 0 Å². The Morgan fingerprint density at radius 3 is 1.50 bits per heavy atom. The first-order valence-corrected chi connectivity index (χ1v) is 4.80. The van der Waals surface area contributed by atoms with Gasteiger partial charge in [0.2, 0.25) is 0 Å². The van der Waals surface area contributed by atoms with Crippen LogP contribution < -0.4 is 0 Å². The number of unbranched alkanes of at least 4 members (excludes halogenated alkanes) is 3. The molecular formula is C10H20N2. The van der Waals surface area contributed by atoms with Gasteiger partial charge in [-0.25, -0.2) is 0 Å². The summed E-state index contributed by atoms with van der Waals surface area (Å²) in [4.78, 5) is 8.30. The molecule has 0 aromatic rings. The summed E-state index contributed by atoms with van der Waals surface area (Å²) in [5.41, 5.74) is 0. The minimum atomic E-state index is 0.994. The van der Waals surface area contributed by atoms with Crippen LogP contribution >= 0.6 is 0 Å². The maximum Gasteiger partial charge on any atom is 0.0385 e. The predicted octanol–water partition coefficient (Wildman–Crippen LogP) is 2.73. The molecule has 0 aliphatic heterocycles. The molecule has 0 radical (unpaired) electrons. The van der Waals surface area contributed by atoms with Crippen LogP contribution in [0.1, 0.15) is 39.5 Å². The number of hydrogen-bond acceptors (Lipinski definition) is 2. The number of rotatable bonds is 7. The molecule has 0 unspecified atom stereocenters. The highest BCUT2D eigenvalue weighted by Crippen LogP contribution is 1.99. The van der Waals surface area contributed by atoms with Gasteiger partial charge in [-0.3, -0.25) is 9.98 Å². The Morgan fingerprint density at radius 2 is 1.17 bits per heavy atom. The Bertz CT molecular complexity index is 112. The second kappa shape index (κ2) is 10.3. The van der Waals surface area contributed by atoms with Gasteiger partial charge >= 0.3 is 0 Å². The SMILES string of the molecule is C/C=N/CCCCCC/N=C/C. The summed E-state index contributed by atoms with van der Waals surface area (Å²) in [6.07, 6.45) is 8.77. The summed E-state index contributed by atoms with van der Waals surface area (Å²) in [6, 6.07) is 0. The van der Waals surface area contributed by atoms with Gasteiger partial charge in [-0.2, -0.15) is 0 Å². The van der Waals surface area contributed by atoms with Gasteiger partial charge in [0.1, 0.15) is 0 Å². The second-order valence-electron chi connectivity index (χ2n) is 2.74. The van der Waals surface area contributed by atoms with Crippen LogP contribution in [0, 0.1) is 0 Å². The lowest BCUT2D eigenvalue weighted by Gasteiger charge is -1.95. The Balaban J connectivity index is 2.91. The van der Waals surface area contributed by atoms with Crippen LogP contribution in [-0.4, -0.2) is 25.5 Å². The molecule has 0 aliphatic carbocycles. The first-order valence-electron chi connectivity index (χ1n) is 4.80. The van der Waals surface area contributed by atoms with E-state index in [1.807, 2.05) is 26.3 Å². The number of nitrogens with zero attached hydrogens (tertiary/aromatic N) is 2. The molecule has 0 fully saturated rings. The molecular weight excluding hydrogens is 148 g/mol. The monoisotopic (exact) mass is 168 g/mol. The molecule has 0 N–H and O–H groups in total. The van der Waals surface area contributed by atoms with Crippen molar-refractivity contribution < 1.29 is 0 Å². The fourth-order valence-corrected chi connectivity index (χ4v) is 1.02. The van der Waals surface area contributed by atoms with Crippen molar-refractivity contribution in [2.45, 2.75) is 39.5 Å². The molecule has 0 rings (SSSR count). The molecule has 0 amide bonds. The van der Waals surface area contributed by atoms with Crippen molar-refractivity contribution >= 4 is 12.4 Å². The molecule has 0 aromatic heterocycles. The molecule has 0 spiro atoms. The zero-order chi connectivity index (χ0) is 9.07. The molecule has 0 aromatic carbocycles. The topological polar surface area (TPSA) is 24.7 Å². The highest BCUT2D eigenvalue weighted by molar-refractivity contribution is 5.53. The Labute approximate surface area is 75.8 Å². The minimum absolute atomic E-state index is 0.994. The smallest absolute Gasteiger partial charge is 0.0385 e. The third kappa shape index (κ3) is 9.34. The van der Waals surface area contributed by atoms with E-state index in [2.05, 4.69) is 9.98 Å². The van der Waals surface area contributed by atoms with Gasteiger partial charge in [0.15, 0.2) is 0 Å². The van der Waals surface area contributed by atoms with Gasteiger partial charge in [-0.05, 0) is 39.1 Å². The summed E-state index contributed by atoms with van der Waals surface area (Å²) >= 11 is 0. The van der Waals surface area contributed by atoms with Gasteiger partial charge in [-0.1, -0.05) is 12.8 Å². The summed E-state index contributed by atoms with van der Waals surface area (Å²) in [7, 11) is 0. The van der Waals surface area contributed by atoms with E-state index < -0.39 is 0 Å². The zero-order valence-electron chi connectivity index (χ0n) is 8.29. The average molecular weight is 168 g/mol. The Hall–Kier alpha value is -0.660. The molecule has 0 atom stereocenters. The van der Waals surface area contributed by atoms with Crippen molar-refractivity contribution in [2.75, 3.05) is 13.1 Å². The highest BCUT2D eigenvalue weighted by atomic mass is 14.7. The van der Waals surface area contributed by atoms with Crippen molar-refractivity contribution in [2.24, 2.45) is 9.98 Å². The predicted molar refractivity (Wildman–Crippen MR) is 56.5 cm³/mol. The Morgan fingerprint density at radius 1 is 0.750 bits per heavy atom. The molecule has 0 aliphatic rings. The van der Waals surface area contributed by atoms with E-state index in [9.17, 15) is 0 Å². The first-order chi connectivity index (χ1) is 5.91. The van der Waals surface area contributed by atoms with Crippen LogP contribution in [0.4, 0.5) is 0 Å². The Kier molecular flexibility index (Phi) is 9.77. The van der Waals surface area contributed by atoms with Gasteiger partial charge in [-0.15, -0.1) is 0 Å². The highest BCUT2D eigenvalue weighted by Gasteiger charge is 1.86. The normalized spacial score (nSPS) is 11.8. The molecule has 12 heavy (non-hydrogen) atoms. The van der Waals surface area contributed by atoms with E-state index in [-0.39, 0.29) is 0 Å². The van der Waals surface area contributed by atoms with Gasteiger partial charge in [0, 0.05) is 13.1 Å². The van der Waals surface area contributed by atoms with E-state index >= 15 is 0 Å². The number of hydrogen-bond donors (Lipinski definition) is 0. The quantitative estimate of drug-likeness (QED) is 0.412. The standard InChI is InChI=1S/C10H20N2/c1-3-11-9-7-5-6-8-10-12-4-2/h3-4H,5-10H2,1-2H3/b11-3+,12-4+. The largest absolute Gasteiger partial charge is 0.298 e. The summed E-state index contributed by atoms with van der Waals surface area (Å²) < 4.78 is 0. The maximum absolute atomic E-state index is 4.15. The van der Waals surface area contributed by atoms with E-state index in [0.29, 0.717) is 0 Å². The fraction of sp³-hybridized carbons (Fsp3) is 0.800. The van der Waals surface area contributed by atoms with Crippen molar-refractivity contribution in [3.05, 3.63) is 0 Å². The lowest BCUT2D eigenvalue weighted by atomic mass is 10.2. The van der Waals surface area contributed by atoms with Gasteiger partial charge in [0.05, 0.1) is 0 Å². The molecule has 0 heterocycles. The lowest BCUT2D eigenvalue weighted by Crippen LogP contribution is -1.85. The maximum atomic E-state index is 4.15. The summed E-state index contributed by atoms with van der Waals surface area (Å²) in [6.45, 7) is 5.92. The minimum Gasteiger partial charge on any atom is -0.298 e. The van der Waals surface area contributed by atoms with Crippen LogP contribution in [0.25, 0.3) is 0 Å². The third-order valence-corrected chi connectivity index (χ3v) is 1.69. The van der Waals surface area contributed by atoms with Gasteiger partial charge < -0.3 is 0 Å². The van der Waals surface area contributed by atoms with Crippen LogP contribution in [0.15, 0.2) is 9.98 Å². The van der Waals surface area contributed by atoms with Crippen molar-refractivity contribution in [3.63, 3.8) is 0 Å². The van der Waals surface area contributed by atoms with Crippen LogP contribution in [0.3, 0.4) is 0 Å². The van der Waals surface area contributed by atoms with Gasteiger partial charge in [0.25, 0.3) is 0 Å². The van der Waals surface area contributed by atoms with E-state index in [1.165, 1.54) is 25.7 Å². The lowest BCUT2D eigenvalue weighted by molar-refractivity contribution is 0.655. The average Bonchev–Trinajstić information content (AvgIpc) is 2.10. The van der Waals surface area contributed by atoms with Crippen LogP contribution in [0.5, 0.6) is 0 Å².